The highest BCUT2D eigenvalue weighted by molar-refractivity contribution is 6.30. The highest BCUT2D eigenvalue weighted by Gasteiger charge is 2.23. The maximum Gasteiger partial charge on any atom is 0.295 e. The summed E-state index contributed by atoms with van der Waals surface area (Å²) in [6.45, 7) is 7.21. The molecule has 1 atom stereocenters. The Kier molecular flexibility index (Phi) is 5.37. The minimum atomic E-state index is -0.826. The highest BCUT2D eigenvalue weighted by atomic mass is 35.5. The molecule has 0 aliphatic heterocycles. The van der Waals surface area contributed by atoms with Crippen LogP contribution < -0.4 is 10.9 Å². The second kappa shape index (κ2) is 8.00. The van der Waals surface area contributed by atoms with Gasteiger partial charge >= 0.3 is 0 Å². The number of rotatable bonds is 4. The van der Waals surface area contributed by atoms with Crippen molar-refractivity contribution in [3.05, 3.63) is 80.9 Å². The Labute approximate surface area is 184 Å². The van der Waals surface area contributed by atoms with Gasteiger partial charge in [0.25, 0.3) is 5.56 Å². The molecule has 8 heteroatoms. The van der Waals surface area contributed by atoms with E-state index in [1.54, 1.807) is 29.8 Å². The van der Waals surface area contributed by atoms with E-state index in [4.69, 9.17) is 11.6 Å². The van der Waals surface area contributed by atoms with Crippen molar-refractivity contribution in [2.45, 2.75) is 33.7 Å². The molecule has 0 saturated heterocycles. The number of aromatic nitrogens is 4. The average molecular weight is 436 g/mol. The van der Waals surface area contributed by atoms with Crippen molar-refractivity contribution in [1.29, 1.82) is 0 Å². The molecule has 0 saturated carbocycles. The van der Waals surface area contributed by atoms with Crippen LogP contribution in [0.1, 0.15) is 29.9 Å². The van der Waals surface area contributed by atoms with Crippen LogP contribution in [0.4, 0.5) is 5.69 Å². The molecule has 0 bridgehead atoms. The number of carbonyl (C=O) groups is 1. The number of nitrogens with zero attached hydrogens (tertiary/aromatic N) is 4. The SMILES string of the molecule is Cc1cc(Cl)ccc1NC(=O)C(C)n1nc(C)c2c(C)n(-c3ccccc3)nc2c1=O. The first-order valence-corrected chi connectivity index (χ1v) is 10.3. The molecule has 0 radical (unpaired) electrons. The Morgan fingerprint density at radius 3 is 2.45 bits per heavy atom. The quantitative estimate of drug-likeness (QED) is 0.516. The fraction of sp³-hybridized carbons (Fsp3) is 0.217. The summed E-state index contributed by atoms with van der Waals surface area (Å²) in [4.78, 5) is 26.1. The largest absolute Gasteiger partial charge is 0.324 e. The zero-order valence-electron chi connectivity index (χ0n) is 17.7. The number of halogens is 1. The zero-order valence-corrected chi connectivity index (χ0v) is 18.4. The molecule has 0 spiro atoms. The van der Waals surface area contributed by atoms with Crippen molar-refractivity contribution in [3.8, 4) is 5.69 Å². The Bertz CT molecular complexity index is 1360. The van der Waals surface area contributed by atoms with Gasteiger partial charge in [-0.2, -0.15) is 10.2 Å². The molecular formula is C23H22ClN5O2. The first-order valence-electron chi connectivity index (χ1n) is 9.89. The van der Waals surface area contributed by atoms with Crippen LogP contribution in [0.25, 0.3) is 16.6 Å². The third-order valence-electron chi connectivity index (χ3n) is 5.34. The number of aryl methyl sites for hydroxylation is 3. The Hall–Kier alpha value is -3.45. The van der Waals surface area contributed by atoms with Crippen LogP contribution >= 0.6 is 11.6 Å². The number of amides is 1. The van der Waals surface area contributed by atoms with Crippen LogP contribution in [0.3, 0.4) is 0 Å². The standard InChI is InChI=1S/C23H22ClN5O2/c1-13-12-17(24)10-11-19(13)25-22(30)16(4)29-23(31)21-20(14(2)26-29)15(3)28(27-21)18-8-6-5-7-9-18/h5-12,16H,1-4H3,(H,25,30). The summed E-state index contributed by atoms with van der Waals surface area (Å²) in [7, 11) is 0. The smallest absolute Gasteiger partial charge is 0.295 e. The number of para-hydroxylation sites is 1. The highest BCUT2D eigenvalue weighted by Crippen LogP contribution is 2.23. The van der Waals surface area contributed by atoms with Gasteiger partial charge in [-0.15, -0.1) is 0 Å². The van der Waals surface area contributed by atoms with E-state index in [0.29, 0.717) is 21.8 Å². The van der Waals surface area contributed by atoms with Crippen LogP contribution in [0.15, 0.2) is 53.3 Å². The number of carbonyl (C=O) groups excluding carboxylic acids is 1. The molecule has 0 aliphatic carbocycles. The molecule has 31 heavy (non-hydrogen) atoms. The van der Waals surface area contributed by atoms with Crippen molar-refractivity contribution in [1.82, 2.24) is 19.6 Å². The summed E-state index contributed by atoms with van der Waals surface area (Å²) in [5, 5.41) is 13.1. The van der Waals surface area contributed by atoms with Crippen LogP contribution in [0.5, 0.6) is 0 Å². The van der Waals surface area contributed by atoms with Gasteiger partial charge in [0.1, 0.15) is 6.04 Å². The van der Waals surface area contributed by atoms with Crippen LogP contribution in [0.2, 0.25) is 5.02 Å². The van der Waals surface area contributed by atoms with Gasteiger partial charge in [-0.1, -0.05) is 29.8 Å². The maximum atomic E-state index is 13.2. The molecule has 2 heterocycles. The van der Waals surface area contributed by atoms with Crippen molar-refractivity contribution in [2.75, 3.05) is 5.32 Å². The molecule has 1 amide bonds. The van der Waals surface area contributed by atoms with E-state index in [9.17, 15) is 9.59 Å². The lowest BCUT2D eigenvalue weighted by molar-refractivity contribution is -0.119. The summed E-state index contributed by atoms with van der Waals surface area (Å²) in [6.07, 6.45) is 0. The van der Waals surface area contributed by atoms with Crippen LogP contribution in [-0.2, 0) is 4.79 Å². The topological polar surface area (TPSA) is 81.8 Å². The fourth-order valence-corrected chi connectivity index (χ4v) is 3.88. The summed E-state index contributed by atoms with van der Waals surface area (Å²) in [5.41, 5.74) is 3.66. The number of fused-ring (bicyclic) bond motifs is 1. The molecule has 2 aromatic carbocycles. The van der Waals surface area contributed by atoms with Crippen molar-refractivity contribution in [2.24, 2.45) is 0 Å². The summed E-state index contributed by atoms with van der Waals surface area (Å²) < 4.78 is 2.92. The number of hydrogen-bond acceptors (Lipinski definition) is 4. The monoisotopic (exact) mass is 435 g/mol. The third-order valence-corrected chi connectivity index (χ3v) is 5.57. The van der Waals surface area contributed by atoms with E-state index >= 15 is 0 Å². The predicted molar refractivity (Wildman–Crippen MR) is 122 cm³/mol. The minimum Gasteiger partial charge on any atom is -0.324 e. The average Bonchev–Trinajstić information content (AvgIpc) is 3.11. The summed E-state index contributed by atoms with van der Waals surface area (Å²) in [5.74, 6) is -0.349. The van der Waals surface area contributed by atoms with Gasteiger partial charge < -0.3 is 5.32 Å². The maximum absolute atomic E-state index is 13.2. The van der Waals surface area contributed by atoms with Gasteiger partial charge in [0, 0.05) is 10.7 Å². The molecule has 4 aromatic rings. The van der Waals surface area contributed by atoms with E-state index in [2.05, 4.69) is 15.5 Å². The first-order chi connectivity index (χ1) is 14.8. The van der Waals surface area contributed by atoms with E-state index in [0.717, 1.165) is 16.9 Å². The lowest BCUT2D eigenvalue weighted by atomic mass is 10.2. The van der Waals surface area contributed by atoms with Gasteiger partial charge in [0.05, 0.1) is 22.5 Å². The number of hydrogen-bond donors (Lipinski definition) is 1. The molecule has 4 rings (SSSR count). The van der Waals surface area contributed by atoms with Crippen LogP contribution in [0, 0.1) is 20.8 Å². The minimum absolute atomic E-state index is 0.288. The summed E-state index contributed by atoms with van der Waals surface area (Å²) in [6, 6.07) is 14.0. The molecule has 0 fully saturated rings. The number of nitrogens with one attached hydrogen (secondary N) is 1. The Morgan fingerprint density at radius 1 is 1.06 bits per heavy atom. The third kappa shape index (κ3) is 3.72. The van der Waals surface area contributed by atoms with Crippen molar-refractivity contribution in [3.63, 3.8) is 0 Å². The van der Waals surface area contributed by atoms with Gasteiger partial charge in [0.15, 0.2) is 5.52 Å². The first kappa shape index (κ1) is 20.8. The molecule has 2 aromatic heterocycles. The van der Waals surface area contributed by atoms with Crippen LogP contribution in [-0.4, -0.2) is 25.5 Å². The van der Waals surface area contributed by atoms with Gasteiger partial charge in [-0.3, -0.25) is 9.59 Å². The molecule has 1 unspecified atom stereocenters. The Balaban J connectivity index is 1.75. The predicted octanol–water partition coefficient (Wildman–Crippen LogP) is 4.36. The molecular weight excluding hydrogens is 414 g/mol. The van der Waals surface area contributed by atoms with E-state index in [-0.39, 0.29) is 11.4 Å². The van der Waals surface area contributed by atoms with E-state index < -0.39 is 11.6 Å². The summed E-state index contributed by atoms with van der Waals surface area (Å²) >= 11 is 5.99. The molecule has 7 nitrogen and oxygen atoms in total. The lowest BCUT2D eigenvalue weighted by Gasteiger charge is -2.16. The molecule has 0 aliphatic rings. The number of anilines is 1. The number of benzene rings is 2. The Morgan fingerprint density at radius 2 is 1.77 bits per heavy atom. The second-order valence-electron chi connectivity index (χ2n) is 7.52. The normalized spacial score (nSPS) is 12.2. The van der Waals surface area contributed by atoms with Crippen molar-refractivity contribution < 1.29 is 4.79 Å². The van der Waals surface area contributed by atoms with Gasteiger partial charge in [0.2, 0.25) is 5.91 Å². The van der Waals surface area contributed by atoms with Crippen molar-refractivity contribution >= 4 is 34.1 Å². The lowest BCUT2D eigenvalue weighted by Crippen LogP contribution is -2.34. The fourth-order valence-electron chi connectivity index (χ4n) is 3.65. The second-order valence-corrected chi connectivity index (χ2v) is 7.95. The van der Waals surface area contributed by atoms with E-state index in [1.807, 2.05) is 51.1 Å². The van der Waals surface area contributed by atoms with Gasteiger partial charge in [-0.25, -0.2) is 9.36 Å². The zero-order chi connectivity index (χ0) is 22.3. The van der Waals surface area contributed by atoms with Gasteiger partial charge in [-0.05, 0) is 63.6 Å². The molecule has 158 valence electrons. The van der Waals surface area contributed by atoms with E-state index in [1.165, 1.54) is 4.68 Å². The molecule has 1 N–H and O–H groups in total.